The average molecular weight is 388 g/mol. The molecule has 0 spiro atoms. The van der Waals surface area contributed by atoms with E-state index < -0.39 is 15.8 Å². The van der Waals surface area contributed by atoms with E-state index in [0.29, 0.717) is 17.9 Å². The highest BCUT2D eigenvalue weighted by Crippen LogP contribution is 2.28. The Balaban J connectivity index is 2.13. The zero-order valence-electron chi connectivity index (χ0n) is 14.1. The Hall–Kier alpha value is -1.83. The van der Waals surface area contributed by atoms with Gasteiger partial charge < -0.3 is 9.47 Å². The lowest BCUT2D eigenvalue weighted by Crippen LogP contribution is -2.29. The second-order valence-corrected chi connectivity index (χ2v) is 7.79. The number of hydrogen-bond donors (Lipinski definition) is 0. The summed E-state index contributed by atoms with van der Waals surface area (Å²) in [6.07, 6.45) is 0.477. The lowest BCUT2D eigenvalue weighted by molar-refractivity contribution is 0.354. The van der Waals surface area contributed by atoms with Gasteiger partial charge in [0, 0.05) is 13.6 Å². The SMILES string of the molecule is COc1ccc(CCN(C)S(=O)(=O)c2ccc(F)c(Cl)c2)cc1OC. The van der Waals surface area contributed by atoms with Gasteiger partial charge in [-0.05, 0) is 42.3 Å². The summed E-state index contributed by atoms with van der Waals surface area (Å²) in [6, 6.07) is 8.76. The van der Waals surface area contributed by atoms with E-state index in [-0.39, 0.29) is 16.5 Å². The summed E-state index contributed by atoms with van der Waals surface area (Å²) in [5.41, 5.74) is 0.900. The van der Waals surface area contributed by atoms with Crippen molar-refractivity contribution in [2.75, 3.05) is 27.8 Å². The van der Waals surface area contributed by atoms with Crippen LogP contribution in [0.25, 0.3) is 0 Å². The summed E-state index contributed by atoms with van der Waals surface area (Å²) in [4.78, 5) is -0.0475. The molecule has 0 aliphatic heterocycles. The number of methoxy groups -OCH3 is 2. The van der Waals surface area contributed by atoms with Gasteiger partial charge in [-0.15, -0.1) is 0 Å². The molecule has 0 aliphatic carbocycles. The summed E-state index contributed by atoms with van der Waals surface area (Å²) in [6.45, 7) is 0.243. The van der Waals surface area contributed by atoms with Crippen molar-refractivity contribution in [1.29, 1.82) is 0 Å². The monoisotopic (exact) mass is 387 g/mol. The number of nitrogens with zero attached hydrogens (tertiary/aromatic N) is 1. The van der Waals surface area contributed by atoms with Gasteiger partial charge >= 0.3 is 0 Å². The molecule has 0 aliphatic rings. The minimum atomic E-state index is -3.75. The zero-order valence-corrected chi connectivity index (χ0v) is 15.7. The van der Waals surface area contributed by atoms with E-state index in [9.17, 15) is 12.8 Å². The lowest BCUT2D eigenvalue weighted by atomic mass is 10.1. The van der Waals surface area contributed by atoms with Crippen LogP contribution in [0.2, 0.25) is 5.02 Å². The van der Waals surface area contributed by atoms with Crippen LogP contribution in [-0.2, 0) is 16.4 Å². The number of benzene rings is 2. The van der Waals surface area contributed by atoms with E-state index in [4.69, 9.17) is 21.1 Å². The van der Waals surface area contributed by atoms with E-state index in [2.05, 4.69) is 0 Å². The molecule has 0 unspecified atom stereocenters. The third-order valence-corrected chi connectivity index (χ3v) is 5.91. The van der Waals surface area contributed by atoms with E-state index in [1.54, 1.807) is 19.2 Å². The van der Waals surface area contributed by atoms with Gasteiger partial charge in [-0.2, -0.15) is 0 Å². The molecule has 0 N–H and O–H groups in total. The van der Waals surface area contributed by atoms with E-state index in [0.717, 1.165) is 17.7 Å². The molecule has 0 saturated heterocycles. The number of hydrogen-bond acceptors (Lipinski definition) is 4. The standard InChI is InChI=1S/C17H19ClFNO4S/c1-20(25(21,22)13-5-6-15(19)14(18)11-13)9-8-12-4-7-16(23-2)17(10-12)24-3/h4-7,10-11H,8-9H2,1-3H3. The molecule has 2 rings (SSSR count). The van der Waals surface area contributed by atoms with Crippen molar-refractivity contribution in [3.05, 3.63) is 52.8 Å². The molecular weight excluding hydrogens is 369 g/mol. The van der Waals surface area contributed by atoms with Crippen LogP contribution in [0.3, 0.4) is 0 Å². The predicted octanol–water partition coefficient (Wildman–Crippen LogP) is 3.36. The Labute approximate surface area is 152 Å². The van der Waals surface area contributed by atoms with Gasteiger partial charge in [0.2, 0.25) is 10.0 Å². The highest BCUT2D eigenvalue weighted by atomic mass is 35.5. The van der Waals surface area contributed by atoms with Gasteiger partial charge in [-0.25, -0.2) is 17.1 Å². The molecule has 136 valence electrons. The third-order valence-electron chi connectivity index (χ3n) is 3.76. The normalized spacial score (nSPS) is 11.6. The first-order valence-corrected chi connectivity index (χ1v) is 9.23. The summed E-state index contributed by atoms with van der Waals surface area (Å²) in [5.74, 6) is 0.526. The molecule has 25 heavy (non-hydrogen) atoms. The van der Waals surface area contributed by atoms with Gasteiger partial charge in [0.05, 0.1) is 24.1 Å². The minimum Gasteiger partial charge on any atom is -0.493 e. The molecule has 2 aromatic rings. The second kappa shape index (κ2) is 8.03. The molecule has 0 heterocycles. The van der Waals surface area contributed by atoms with Crippen LogP contribution in [-0.4, -0.2) is 40.5 Å². The van der Waals surface area contributed by atoms with Gasteiger partial charge in [0.15, 0.2) is 11.5 Å². The first-order chi connectivity index (χ1) is 11.8. The Bertz CT molecular complexity index is 858. The molecule has 5 nitrogen and oxygen atoms in total. The zero-order chi connectivity index (χ0) is 18.6. The van der Waals surface area contributed by atoms with Gasteiger partial charge in [-0.3, -0.25) is 0 Å². The fraction of sp³-hybridized carbons (Fsp3) is 0.294. The first kappa shape index (κ1) is 19.5. The molecule has 0 fully saturated rings. The molecule has 0 bridgehead atoms. The summed E-state index contributed by atoms with van der Waals surface area (Å²) in [5, 5.41) is -0.227. The smallest absolute Gasteiger partial charge is 0.242 e. The fourth-order valence-corrected chi connectivity index (χ4v) is 3.70. The maximum Gasteiger partial charge on any atom is 0.242 e. The predicted molar refractivity (Wildman–Crippen MR) is 94.5 cm³/mol. The van der Waals surface area contributed by atoms with Gasteiger partial charge in [0.25, 0.3) is 0 Å². The number of halogens is 2. The Morgan fingerprint density at radius 1 is 1.08 bits per heavy atom. The molecule has 2 aromatic carbocycles. The van der Waals surface area contributed by atoms with Crippen LogP contribution in [0.15, 0.2) is 41.3 Å². The van der Waals surface area contributed by atoms with Gasteiger partial charge in [0.1, 0.15) is 5.82 Å². The Morgan fingerprint density at radius 2 is 1.76 bits per heavy atom. The van der Waals surface area contributed by atoms with Crippen molar-refractivity contribution in [1.82, 2.24) is 4.31 Å². The lowest BCUT2D eigenvalue weighted by Gasteiger charge is -2.18. The summed E-state index contributed by atoms with van der Waals surface area (Å²) in [7, 11) is 0.801. The minimum absolute atomic E-state index is 0.0475. The Kier molecular flexibility index (Phi) is 6.26. The highest BCUT2D eigenvalue weighted by Gasteiger charge is 2.21. The largest absolute Gasteiger partial charge is 0.493 e. The fourth-order valence-electron chi connectivity index (χ4n) is 2.26. The summed E-state index contributed by atoms with van der Waals surface area (Å²) >= 11 is 5.68. The van der Waals surface area contributed by atoms with E-state index in [1.165, 1.54) is 24.5 Å². The number of likely N-dealkylation sites (N-methyl/N-ethyl adjacent to an activating group) is 1. The van der Waals surface area contributed by atoms with Crippen molar-refractivity contribution in [2.45, 2.75) is 11.3 Å². The molecule has 0 aromatic heterocycles. The average Bonchev–Trinajstić information content (AvgIpc) is 2.61. The van der Waals surface area contributed by atoms with Crippen molar-refractivity contribution >= 4 is 21.6 Å². The van der Waals surface area contributed by atoms with Gasteiger partial charge in [-0.1, -0.05) is 17.7 Å². The quantitative estimate of drug-likeness (QED) is 0.731. The van der Waals surface area contributed by atoms with E-state index in [1.807, 2.05) is 6.07 Å². The number of sulfonamides is 1. The van der Waals surface area contributed by atoms with Crippen molar-refractivity contribution < 1.29 is 22.3 Å². The molecule has 0 amide bonds. The van der Waals surface area contributed by atoms with Crippen molar-refractivity contribution in [2.24, 2.45) is 0 Å². The van der Waals surface area contributed by atoms with Crippen LogP contribution < -0.4 is 9.47 Å². The van der Waals surface area contributed by atoms with Crippen LogP contribution >= 0.6 is 11.6 Å². The van der Waals surface area contributed by atoms with Crippen LogP contribution in [0.5, 0.6) is 11.5 Å². The van der Waals surface area contributed by atoms with Crippen LogP contribution in [0, 0.1) is 5.82 Å². The first-order valence-electron chi connectivity index (χ1n) is 7.42. The second-order valence-electron chi connectivity index (χ2n) is 5.34. The van der Waals surface area contributed by atoms with Crippen molar-refractivity contribution in [3.8, 4) is 11.5 Å². The Morgan fingerprint density at radius 3 is 2.36 bits per heavy atom. The summed E-state index contributed by atoms with van der Waals surface area (Å²) < 4.78 is 49.9. The molecule has 0 atom stereocenters. The molecule has 0 saturated carbocycles. The number of ether oxygens (including phenoxy) is 2. The van der Waals surface area contributed by atoms with Crippen molar-refractivity contribution in [3.63, 3.8) is 0 Å². The van der Waals surface area contributed by atoms with Crippen LogP contribution in [0.1, 0.15) is 5.56 Å². The molecule has 8 heteroatoms. The third kappa shape index (κ3) is 4.42. The molecule has 0 radical (unpaired) electrons. The van der Waals surface area contributed by atoms with E-state index >= 15 is 0 Å². The van der Waals surface area contributed by atoms with Crippen LogP contribution in [0.4, 0.5) is 4.39 Å². The molecular formula is C17H19ClFNO4S. The maximum atomic E-state index is 13.2. The number of rotatable bonds is 7. The maximum absolute atomic E-state index is 13.2. The topological polar surface area (TPSA) is 55.8 Å². The highest BCUT2D eigenvalue weighted by molar-refractivity contribution is 7.89.